The fraction of sp³-hybridized carbons (Fsp3) is 0.333. The lowest BCUT2D eigenvalue weighted by atomic mass is 9.69. The molecule has 0 N–H and O–H groups in total. The van der Waals surface area contributed by atoms with E-state index in [1.54, 1.807) is 11.1 Å². The maximum Gasteiger partial charge on any atom is 0.0725 e. The van der Waals surface area contributed by atoms with Crippen LogP contribution in [0, 0.1) is 5.92 Å². The molecule has 0 saturated heterocycles. The summed E-state index contributed by atoms with van der Waals surface area (Å²) in [4.78, 5) is 0. The number of hydrogen-bond acceptors (Lipinski definition) is 1. The van der Waals surface area contributed by atoms with Crippen LogP contribution in [0.3, 0.4) is 0 Å². The number of allylic oxidation sites excluding steroid dienone is 1. The van der Waals surface area contributed by atoms with E-state index in [0.717, 1.165) is 0 Å². The van der Waals surface area contributed by atoms with Gasteiger partial charge >= 0.3 is 0 Å². The van der Waals surface area contributed by atoms with Crippen molar-refractivity contribution in [2.24, 2.45) is 5.92 Å². The highest BCUT2D eigenvalue weighted by Gasteiger charge is 2.49. The number of thioether (sulfide) groups is 1. The summed E-state index contributed by atoms with van der Waals surface area (Å²) < 4.78 is 0.0567. The molecule has 2 atom stereocenters. The Balaban J connectivity index is 1.95. The summed E-state index contributed by atoms with van der Waals surface area (Å²) in [5, 5.41) is 0.625. The molecule has 2 unspecified atom stereocenters. The van der Waals surface area contributed by atoms with E-state index in [4.69, 9.17) is 0 Å². The number of hydrogen-bond donors (Lipinski definition) is 0. The Kier molecular flexibility index (Phi) is 3.41. The first-order valence-corrected chi connectivity index (χ1v) is 9.12. The van der Waals surface area contributed by atoms with Gasteiger partial charge in [-0.25, -0.2) is 0 Å². The Morgan fingerprint density at radius 3 is 1.73 bits per heavy atom. The zero-order chi connectivity index (χ0) is 15.2. The van der Waals surface area contributed by atoms with Crippen LogP contribution in [0.2, 0.25) is 0 Å². The molecule has 1 heteroatoms. The van der Waals surface area contributed by atoms with Crippen molar-refractivity contribution in [3.05, 3.63) is 82.9 Å². The molecular weight excluding hydrogens is 284 g/mol. The van der Waals surface area contributed by atoms with E-state index in [1.165, 1.54) is 24.0 Å². The van der Waals surface area contributed by atoms with E-state index in [-0.39, 0.29) is 4.75 Å². The van der Waals surface area contributed by atoms with E-state index in [0.29, 0.717) is 11.2 Å². The molecule has 0 fully saturated rings. The summed E-state index contributed by atoms with van der Waals surface area (Å²) in [7, 11) is 0. The van der Waals surface area contributed by atoms with Gasteiger partial charge in [0.15, 0.2) is 0 Å². The highest BCUT2D eigenvalue weighted by Crippen LogP contribution is 2.61. The molecule has 2 aromatic carbocycles. The van der Waals surface area contributed by atoms with E-state index in [2.05, 4.69) is 86.3 Å². The predicted molar refractivity (Wildman–Crippen MR) is 96.1 cm³/mol. The first kappa shape index (κ1) is 14.1. The van der Waals surface area contributed by atoms with Crippen LogP contribution in [0.4, 0.5) is 0 Å². The van der Waals surface area contributed by atoms with Gasteiger partial charge in [-0.2, -0.15) is 0 Å². The van der Waals surface area contributed by atoms with Crippen LogP contribution in [-0.4, -0.2) is 5.25 Å². The molecular formula is C21H22S. The largest absolute Gasteiger partial charge is 0.137 e. The molecule has 0 amide bonds. The first-order valence-electron chi connectivity index (χ1n) is 8.24. The van der Waals surface area contributed by atoms with Crippen molar-refractivity contribution in [2.75, 3.05) is 0 Å². The molecule has 1 heterocycles. The molecule has 112 valence electrons. The van der Waals surface area contributed by atoms with Crippen molar-refractivity contribution in [2.45, 2.75) is 36.7 Å². The van der Waals surface area contributed by atoms with E-state index >= 15 is 0 Å². The quantitative estimate of drug-likeness (QED) is 0.633. The van der Waals surface area contributed by atoms with Gasteiger partial charge in [-0.3, -0.25) is 0 Å². The Morgan fingerprint density at radius 2 is 1.27 bits per heavy atom. The third kappa shape index (κ3) is 1.91. The minimum atomic E-state index is 0.0567. The summed E-state index contributed by atoms with van der Waals surface area (Å²) in [6.07, 6.45) is 2.61. The van der Waals surface area contributed by atoms with Gasteiger partial charge in [-0.15, -0.1) is 11.8 Å². The average molecular weight is 306 g/mol. The summed E-state index contributed by atoms with van der Waals surface area (Å²) in [6, 6.07) is 22.2. The molecule has 0 radical (unpaired) electrons. The number of rotatable bonds is 2. The molecule has 22 heavy (non-hydrogen) atoms. The van der Waals surface area contributed by atoms with Crippen LogP contribution in [0.25, 0.3) is 0 Å². The summed E-state index contributed by atoms with van der Waals surface area (Å²) in [6.45, 7) is 4.83. The van der Waals surface area contributed by atoms with E-state index in [1.807, 2.05) is 0 Å². The topological polar surface area (TPSA) is 0 Å². The second kappa shape index (κ2) is 5.31. The summed E-state index contributed by atoms with van der Waals surface area (Å²) in [5.41, 5.74) is 6.34. The second-order valence-corrected chi connectivity index (χ2v) is 8.09. The van der Waals surface area contributed by atoms with Crippen molar-refractivity contribution in [3.63, 3.8) is 0 Å². The fourth-order valence-electron chi connectivity index (χ4n) is 4.24. The molecule has 0 nitrogen and oxygen atoms in total. The fourth-order valence-corrected chi connectivity index (χ4v) is 6.10. The van der Waals surface area contributed by atoms with Crippen molar-refractivity contribution < 1.29 is 0 Å². The Labute approximate surface area is 137 Å². The average Bonchev–Trinajstić information content (AvgIpc) is 2.52. The molecule has 4 rings (SSSR count). The smallest absolute Gasteiger partial charge is 0.0725 e. The maximum absolute atomic E-state index is 2.44. The Bertz CT molecular complexity index is 660. The van der Waals surface area contributed by atoms with Gasteiger partial charge in [0.05, 0.1) is 4.75 Å². The lowest BCUT2D eigenvalue weighted by Crippen LogP contribution is -2.41. The monoisotopic (exact) mass is 306 g/mol. The van der Waals surface area contributed by atoms with Gasteiger partial charge in [0.2, 0.25) is 0 Å². The highest BCUT2D eigenvalue weighted by atomic mass is 32.2. The number of benzene rings is 2. The van der Waals surface area contributed by atoms with Gasteiger partial charge in [-0.1, -0.05) is 78.7 Å². The standard InChI is InChI=1S/C21H22S/c1-15-19-13-14-20(19)16(2)22-21(15,17-9-5-3-6-10-17)18-11-7-4-8-12-18/h3-12,15-16H,13-14H2,1-2H3. The van der Waals surface area contributed by atoms with E-state index in [9.17, 15) is 0 Å². The predicted octanol–water partition coefficient (Wildman–Crippen LogP) is 5.79. The molecule has 1 aliphatic carbocycles. The van der Waals surface area contributed by atoms with Crippen molar-refractivity contribution in [1.82, 2.24) is 0 Å². The zero-order valence-electron chi connectivity index (χ0n) is 13.3. The van der Waals surface area contributed by atoms with Crippen LogP contribution in [0.1, 0.15) is 37.8 Å². The molecule has 1 aliphatic heterocycles. The van der Waals surface area contributed by atoms with Gasteiger partial charge in [-0.05, 0) is 30.9 Å². The molecule has 0 spiro atoms. The van der Waals surface area contributed by atoms with Crippen LogP contribution in [-0.2, 0) is 4.75 Å². The zero-order valence-corrected chi connectivity index (χ0v) is 14.1. The molecule has 2 aromatic rings. The van der Waals surface area contributed by atoms with Gasteiger partial charge < -0.3 is 0 Å². The third-order valence-electron chi connectivity index (χ3n) is 5.47. The van der Waals surface area contributed by atoms with Crippen molar-refractivity contribution in [1.29, 1.82) is 0 Å². The lowest BCUT2D eigenvalue weighted by Gasteiger charge is -2.51. The SMILES string of the molecule is CC1SC(c2ccccc2)(c2ccccc2)C(C)C2=C1CC2. The Morgan fingerprint density at radius 1 is 0.773 bits per heavy atom. The molecule has 0 aromatic heterocycles. The van der Waals surface area contributed by atoms with Crippen LogP contribution in [0.5, 0.6) is 0 Å². The maximum atomic E-state index is 2.44. The summed E-state index contributed by atoms with van der Waals surface area (Å²) in [5.74, 6) is 0.572. The van der Waals surface area contributed by atoms with Crippen LogP contribution >= 0.6 is 11.8 Å². The van der Waals surface area contributed by atoms with Gasteiger partial charge in [0.1, 0.15) is 0 Å². The third-order valence-corrected chi connectivity index (χ3v) is 7.30. The first-order chi connectivity index (χ1) is 10.7. The van der Waals surface area contributed by atoms with Crippen molar-refractivity contribution >= 4 is 11.8 Å². The molecule has 0 saturated carbocycles. The molecule has 0 bridgehead atoms. The minimum absolute atomic E-state index is 0.0567. The lowest BCUT2D eigenvalue weighted by molar-refractivity contribution is 0.472. The second-order valence-electron chi connectivity index (χ2n) is 6.50. The highest BCUT2D eigenvalue weighted by molar-refractivity contribution is 8.01. The minimum Gasteiger partial charge on any atom is -0.137 e. The van der Waals surface area contributed by atoms with E-state index < -0.39 is 0 Å². The molecule has 2 aliphatic rings. The van der Waals surface area contributed by atoms with Crippen molar-refractivity contribution in [3.8, 4) is 0 Å². The van der Waals surface area contributed by atoms with Gasteiger partial charge in [0.25, 0.3) is 0 Å². The van der Waals surface area contributed by atoms with Crippen LogP contribution < -0.4 is 0 Å². The normalized spacial score (nSPS) is 26.3. The Hall–Kier alpha value is -1.47. The van der Waals surface area contributed by atoms with Crippen LogP contribution in [0.15, 0.2) is 71.8 Å². The van der Waals surface area contributed by atoms with Gasteiger partial charge in [0, 0.05) is 11.2 Å². The summed E-state index contributed by atoms with van der Waals surface area (Å²) >= 11 is 2.15.